The molecule has 2 heterocycles. The van der Waals surface area contributed by atoms with Gasteiger partial charge in [0.2, 0.25) is 5.56 Å². The Morgan fingerprint density at radius 3 is 2.60 bits per heavy atom. The van der Waals surface area contributed by atoms with Crippen LogP contribution in [0.4, 0.5) is 13.2 Å². The van der Waals surface area contributed by atoms with Crippen molar-refractivity contribution in [3.8, 4) is 0 Å². The van der Waals surface area contributed by atoms with Gasteiger partial charge in [-0.1, -0.05) is 18.5 Å². The Morgan fingerprint density at radius 2 is 2.00 bits per heavy atom. The van der Waals surface area contributed by atoms with Crippen molar-refractivity contribution in [2.75, 3.05) is 0 Å². The minimum atomic E-state index is -4.70. The van der Waals surface area contributed by atoms with Crippen molar-refractivity contribution < 1.29 is 18.3 Å². The van der Waals surface area contributed by atoms with Crippen LogP contribution in [-0.2, 0) is 13.0 Å². The van der Waals surface area contributed by atoms with Crippen LogP contribution < -0.4 is 5.56 Å². The number of rotatable bonds is 3. The second-order valence-corrected chi connectivity index (χ2v) is 6.36. The highest BCUT2D eigenvalue weighted by Crippen LogP contribution is 2.36. The molecular weight excluding hydrogens is 357 g/mol. The summed E-state index contributed by atoms with van der Waals surface area (Å²) in [5.41, 5.74) is 2.18. The second kappa shape index (κ2) is 6.07. The Morgan fingerprint density at radius 1 is 1.32 bits per heavy atom. The van der Waals surface area contributed by atoms with Gasteiger partial charge in [0.15, 0.2) is 6.10 Å². The highest BCUT2D eigenvalue weighted by atomic mass is 35.5. The van der Waals surface area contributed by atoms with Crippen molar-refractivity contribution in [1.82, 2.24) is 9.55 Å². The molecule has 1 aromatic carbocycles. The smallest absolute Gasteiger partial charge is 0.382 e. The minimum absolute atomic E-state index is 0.239. The zero-order valence-electron chi connectivity index (χ0n) is 13.5. The number of benzene rings is 1. The van der Waals surface area contributed by atoms with E-state index < -0.39 is 18.8 Å². The number of aromatic nitrogens is 2. The summed E-state index contributed by atoms with van der Waals surface area (Å²) in [4.78, 5) is 14.3. The fourth-order valence-electron chi connectivity index (χ4n) is 3.34. The number of hydrogen-bond donors (Lipinski definition) is 2. The molecule has 3 aromatic rings. The van der Waals surface area contributed by atoms with Crippen molar-refractivity contribution in [1.29, 1.82) is 0 Å². The van der Waals surface area contributed by atoms with E-state index in [2.05, 4.69) is 4.98 Å². The maximum absolute atomic E-state index is 12.8. The number of nitrogens with zero attached hydrogens (tertiary/aromatic N) is 1. The Hall–Kier alpha value is -1.99. The summed E-state index contributed by atoms with van der Waals surface area (Å²) in [7, 11) is 0. The molecule has 0 aliphatic rings. The number of halogens is 4. The quantitative estimate of drug-likeness (QED) is 0.732. The zero-order chi connectivity index (χ0) is 18.5. The standard InChI is InChI=1S/C17H16ClF3N2O2/c1-3-11-8(2)15-12(23(11)7-13(24)17(19,20)21)5-4-10-16(15)9(18)6-14(25)22-10/h4-6,13,24H,3,7H2,1-2H3,(H,22,25). The first kappa shape index (κ1) is 17.8. The molecule has 8 heteroatoms. The fraction of sp³-hybridized carbons (Fsp3) is 0.353. The van der Waals surface area contributed by atoms with Gasteiger partial charge in [0.1, 0.15) is 0 Å². The van der Waals surface area contributed by atoms with E-state index in [-0.39, 0.29) is 10.6 Å². The van der Waals surface area contributed by atoms with Gasteiger partial charge in [0.05, 0.1) is 17.1 Å². The molecule has 2 N–H and O–H groups in total. The van der Waals surface area contributed by atoms with Crippen molar-refractivity contribution in [3.05, 3.63) is 44.8 Å². The number of aryl methyl sites for hydroxylation is 1. The molecule has 0 aliphatic carbocycles. The summed E-state index contributed by atoms with van der Waals surface area (Å²) in [5.74, 6) is 0. The van der Waals surface area contributed by atoms with Crippen molar-refractivity contribution in [2.24, 2.45) is 0 Å². The lowest BCUT2D eigenvalue weighted by atomic mass is 10.1. The molecule has 0 aliphatic heterocycles. The van der Waals surface area contributed by atoms with Gasteiger partial charge in [0, 0.05) is 28.0 Å². The van der Waals surface area contributed by atoms with Crippen LogP contribution in [-0.4, -0.2) is 26.9 Å². The molecule has 2 aromatic heterocycles. The number of H-pyrrole nitrogens is 1. The number of aromatic amines is 1. The predicted molar refractivity (Wildman–Crippen MR) is 91.3 cm³/mol. The normalized spacial score (nSPS) is 13.7. The molecule has 4 nitrogen and oxygen atoms in total. The molecule has 0 saturated carbocycles. The van der Waals surface area contributed by atoms with Gasteiger partial charge in [-0.25, -0.2) is 0 Å². The lowest BCUT2D eigenvalue weighted by Gasteiger charge is -2.18. The third-order valence-electron chi connectivity index (χ3n) is 4.43. The maximum atomic E-state index is 12.8. The molecule has 0 radical (unpaired) electrons. The number of aliphatic hydroxyl groups excluding tert-OH is 1. The summed E-state index contributed by atoms with van der Waals surface area (Å²) in [5, 5.41) is 11.0. The number of hydrogen-bond acceptors (Lipinski definition) is 2. The van der Waals surface area contributed by atoms with Crippen LogP contribution in [0.5, 0.6) is 0 Å². The van der Waals surface area contributed by atoms with Gasteiger partial charge < -0.3 is 14.7 Å². The third-order valence-corrected chi connectivity index (χ3v) is 4.73. The van der Waals surface area contributed by atoms with E-state index in [9.17, 15) is 23.1 Å². The van der Waals surface area contributed by atoms with E-state index in [0.717, 1.165) is 5.56 Å². The monoisotopic (exact) mass is 372 g/mol. The molecule has 0 saturated heterocycles. The Labute approximate surface area is 145 Å². The number of pyridine rings is 1. The lowest BCUT2D eigenvalue weighted by Crippen LogP contribution is -2.33. The minimum Gasteiger partial charge on any atom is -0.382 e. The number of aliphatic hydroxyl groups is 1. The van der Waals surface area contributed by atoms with E-state index in [4.69, 9.17) is 11.6 Å². The van der Waals surface area contributed by atoms with E-state index in [1.165, 1.54) is 10.6 Å². The summed E-state index contributed by atoms with van der Waals surface area (Å²) in [6.07, 6.45) is -6.67. The van der Waals surface area contributed by atoms with Crippen molar-refractivity contribution >= 4 is 33.4 Å². The van der Waals surface area contributed by atoms with Gasteiger partial charge in [-0.15, -0.1) is 0 Å². The number of alkyl halides is 3. The molecule has 0 bridgehead atoms. The van der Waals surface area contributed by atoms with Crippen LogP contribution in [0, 0.1) is 6.92 Å². The van der Waals surface area contributed by atoms with Crippen molar-refractivity contribution in [3.63, 3.8) is 0 Å². The van der Waals surface area contributed by atoms with Crippen LogP contribution in [0.3, 0.4) is 0 Å². The average molecular weight is 373 g/mol. The summed E-state index contributed by atoms with van der Waals surface area (Å²) >= 11 is 6.24. The Kier molecular flexibility index (Phi) is 4.33. The number of nitrogens with one attached hydrogen (secondary N) is 1. The van der Waals surface area contributed by atoms with Crippen LogP contribution in [0.2, 0.25) is 5.02 Å². The fourth-order valence-corrected chi connectivity index (χ4v) is 3.63. The number of fused-ring (bicyclic) bond motifs is 3. The predicted octanol–water partition coefficient (Wildman–Crippen LogP) is 3.93. The van der Waals surface area contributed by atoms with Crippen LogP contribution in [0.1, 0.15) is 18.2 Å². The Balaban J connectivity index is 2.35. The molecule has 0 spiro atoms. The van der Waals surface area contributed by atoms with Crippen LogP contribution in [0.15, 0.2) is 23.0 Å². The SMILES string of the molecule is CCc1c(C)c2c3c(Cl)cc(=O)[nH]c3ccc2n1CC(O)C(F)(F)F. The molecule has 25 heavy (non-hydrogen) atoms. The average Bonchev–Trinajstić information content (AvgIpc) is 2.77. The summed E-state index contributed by atoms with van der Waals surface area (Å²) in [6, 6.07) is 4.50. The highest BCUT2D eigenvalue weighted by Gasteiger charge is 2.39. The third kappa shape index (κ3) is 2.91. The second-order valence-electron chi connectivity index (χ2n) is 5.96. The van der Waals surface area contributed by atoms with E-state index in [1.54, 1.807) is 19.1 Å². The van der Waals surface area contributed by atoms with Gasteiger partial charge in [0.25, 0.3) is 0 Å². The van der Waals surface area contributed by atoms with Crippen LogP contribution >= 0.6 is 11.6 Å². The molecule has 0 fully saturated rings. The summed E-state index contributed by atoms with van der Waals surface area (Å²) < 4.78 is 39.9. The molecule has 1 unspecified atom stereocenters. The lowest BCUT2D eigenvalue weighted by molar-refractivity contribution is -0.207. The summed E-state index contributed by atoms with van der Waals surface area (Å²) in [6.45, 7) is 3.05. The molecular formula is C17H16ClF3N2O2. The maximum Gasteiger partial charge on any atom is 0.416 e. The largest absolute Gasteiger partial charge is 0.416 e. The molecule has 134 valence electrons. The van der Waals surface area contributed by atoms with E-state index >= 15 is 0 Å². The van der Waals surface area contributed by atoms with E-state index in [0.29, 0.717) is 33.9 Å². The topological polar surface area (TPSA) is 58.0 Å². The molecule has 1 atom stereocenters. The molecule has 0 amide bonds. The van der Waals surface area contributed by atoms with Crippen LogP contribution in [0.25, 0.3) is 21.8 Å². The first-order valence-electron chi connectivity index (χ1n) is 7.73. The Bertz CT molecular complexity index is 1020. The van der Waals surface area contributed by atoms with Gasteiger partial charge >= 0.3 is 6.18 Å². The van der Waals surface area contributed by atoms with Gasteiger partial charge in [-0.3, -0.25) is 4.79 Å². The zero-order valence-corrected chi connectivity index (χ0v) is 14.3. The highest BCUT2D eigenvalue weighted by molar-refractivity contribution is 6.37. The van der Waals surface area contributed by atoms with E-state index in [1.807, 2.05) is 6.92 Å². The molecule has 3 rings (SSSR count). The van der Waals surface area contributed by atoms with Gasteiger partial charge in [-0.2, -0.15) is 13.2 Å². The first-order chi connectivity index (χ1) is 11.6. The first-order valence-corrected chi connectivity index (χ1v) is 8.11. The van der Waals surface area contributed by atoms with Gasteiger partial charge in [-0.05, 0) is 31.0 Å². The van der Waals surface area contributed by atoms with Crippen molar-refractivity contribution in [2.45, 2.75) is 39.1 Å².